The highest BCUT2D eigenvalue weighted by molar-refractivity contribution is 8.06. The van der Waals surface area contributed by atoms with Crippen LogP contribution in [0.15, 0.2) is 0 Å². The molecule has 3 unspecified atom stereocenters. The van der Waals surface area contributed by atoms with Crippen molar-refractivity contribution in [2.75, 3.05) is 51.8 Å². The zero-order valence-corrected chi connectivity index (χ0v) is 20.8. The fourth-order valence-electron chi connectivity index (χ4n) is 1.81. The first-order chi connectivity index (χ1) is 11.2. The average molecular weight is 469 g/mol. The fraction of sp³-hybridized carbons (Fsp3) is 1.00. The Balaban J connectivity index is 3.85. The Morgan fingerprint density at radius 3 is 1.96 bits per heavy atom. The summed E-state index contributed by atoms with van der Waals surface area (Å²) >= 11 is 25.7. The van der Waals surface area contributed by atoms with E-state index >= 15 is 0 Å². The summed E-state index contributed by atoms with van der Waals surface area (Å²) in [5.41, 5.74) is 0. The molecule has 3 atom stereocenters. The molecule has 23 heavy (non-hydrogen) atoms. The van der Waals surface area contributed by atoms with Crippen molar-refractivity contribution >= 4 is 97.6 Å². The van der Waals surface area contributed by atoms with Crippen molar-refractivity contribution in [3.8, 4) is 0 Å². The van der Waals surface area contributed by atoms with Gasteiger partial charge in [-0.2, -0.15) is 97.6 Å². The molecule has 0 aromatic rings. The molecule has 0 saturated carbocycles. The highest BCUT2D eigenvalue weighted by Crippen LogP contribution is 2.26. The molecule has 0 fully saturated rings. The Labute approximate surface area is 183 Å². The van der Waals surface area contributed by atoms with Crippen LogP contribution >= 0.6 is 97.6 Å². The van der Waals surface area contributed by atoms with Gasteiger partial charge in [0.05, 0.1) is 0 Å². The summed E-state index contributed by atoms with van der Waals surface area (Å²) in [5.74, 6) is 9.93. The van der Waals surface area contributed by atoms with Crippen LogP contribution in [0.4, 0.5) is 0 Å². The second-order valence-corrected chi connectivity index (χ2v) is 12.2. The highest BCUT2D eigenvalue weighted by Gasteiger charge is 2.13. The van der Waals surface area contributed by atoms with Gasteiger partial charge in [-0.3, -0.25) is 0 Å². The zero-order valence-electron chi connectivity index (χ0n) is 13.9. The quantitative estimate of drug-likeness (QED) is 0.207. The maximum Gasteiger partial charge on any atom is 0.0226 e. The van der Waals surface area contributed by atoms with Gasteiger partial charge in [0.15, 0.2) is 0 Å². The van der Waals surface area contributed by atoms with E-state index in [0.717, 1.165) is 45.0 Å². The number of thiol groups is 4. The number of thioether (sulfide) groups is 4. The Morgan fingerprint density at radius 2 is 1.39 bits per heavy atom. The van der Waals surface area contributed by atoms with Crippen molar-refractivity contribution < 1.29 is 0 Å². The third kappa shape index (κ3) is 16.7. The summed E-state index contributed by atoms with van der Waals surface area (Å²) in [6.45, 7) is 2.37. The molecule has 0 heterocycles. The van der Waals surface area contributed by atoms with Crippen LogP contribution in [0.25, 0.3) is 0 Å². The van der Waals surface area contributed by atoms with E-state index in [1.807, 2.05) is 11.8 Å². The van der Waals surface area contributed by atoms with Gasteiger partial charge in [-0.05, 0) is 30.1 Å². The van der Waals surface area contributed by atoms with Crippen molar-refractivity contribution in [1.82, 2.24) is 0 Å². The van der Waals surface area contributed by atoms with Crippen LogP contribution in [-0.2, 0) is 0 Å². The summed E-state index contributed by atoms with van der Waals surface area (Å²) in [6, 6.07) is 0. The second kappa shape index (κ2) is 19.6. The molecule has 0 aliphatic heterocycles. The van der Waals surface area contributed by atoms with E-state index in [2.05, 4.69) is 92.7 Å². The maximum absolute atomic E-state index is 4.47. The molecule has 0 aromatic heterocycles. The fourth-order valence-corrected chi connectivity index (χ4v) is 8.09. The molecular weight excluding hydrogens is 437 g/mol. The minimum atomic E-state index is 0.668. The van der Waals surface area contributed by atoms with Crippen LogP contribution < -0.4 is 0 Å². The lowest BCUT2D eigenvalue weighted by molar-refractivity contribution is 0.801. The Bertz CT molecular complexity index is 234. The molecule has 0 aliphatic carbocycles. The number of rotatable bonds is 17. The molecule has 0 aromatic carbocycles. The monoisotopic (exact) mass is 468 g/mol. The first kappa shape index (κ1) is 25.8. The predicted molar refractivity (Wildman–Crippen MR) is 136 cm³/mol. The van der Waals surface area contributed by atoms with E-state index < -0.39 is 0 Å². The lowest BCUT2D eigenvalue weighted by atomic mass is 10.3. The SMILES string of the molecule is CC(CSCC(CS)SCCS)SCC(CCCS)SCCS. The molecule has 0 amide bonds. The molecule has 0 N–H and O–H groups in total. The Morgan fingerprint density at radius 1 is 0.739 bits per heavy atom. The summed E-state index contributed by atoms with van der Waals surface area (Å²) in [6.07, 6.45) is 2.51. The van der Waals surface area contributed by atoms with Crippen LogP contribution in [0.1, 0.15) is 19.8 Å². The van der Waals surface area contributed by atoms with Gasteiger partial charge in [-0.1, -0.05) is 6.92 Å². The summed E-state index contributed by atoms with van der Waals surface area (Å²) in [4.78, 5) is 0. The van der Waals surface area contributed by atoms with Gasteiger partial charge in [0.2, 0.25) is 0 Å². The van der Waals surface area contributed by atoms with E-state index in [-0.39, 0.29) is 0 Å². The van der Waals surface area contributed by atoms with Gasteiger partial charge in [-0.25, -0.2) is 0 Å². The molecular formula is C15H32S8. The highest BCUT2D eigenvalue weighted by atomic mass is 32.2. The molecule has 0 rings (SSSR count). The Kier molecular flexibility index (Phi) is 21.9. The molecule has 0 saturated heterocycles. The summed E-state index contributed by atoms with van der Waals surface area (Å²) in [7, 11) is 0. The standard InChI is InChI=1S/C15H32S8/c1-13(10-20-11-15(9-19)22-8-6-18)23-12-14(3-2-4-16)21-7-5-17/h13-19H,2-12H2,1H3. The van der Waals surface area contributed by atoms with Crippen LogP contribution in [0.3, 0.4) is 0 Å². The second-order valence-electron chi connectivity index (χ2n) is 5.16. The topological polar surface area (TPSA) is 0 Å². The molecule has 0 radical (unpaired) electrons. The van der Waals surface area contributed by atoms with Crippen molar-refractivity contribution in [3.63, 3.8) is 0 Å². The third-order valence-electron chi connectivity index (χ3n) is 3.00. The largest absolute Gasteiger partial charge is 0.179 e. The van der Waals surface area contributed by atoms with Crippen LogP contribution in [0.2, 0.25) is 0 Å². The number of hydrogen-bond donors (Lipinski definition) is 4. The molecule has 0 spiro atoms. The maximum atomic E-state index is 4.47. The molecule has 0 nitrogen and oxygen atoms in total. The zero-order chi connectivity index (χ0) is 17.3. The minimum Gasteiger partial charge on any atom is -0.179 e. The van der Waals surface area contributed by atoms with E-state index in [1.165, 1.54) is 30.1 Å². The normalized spacial score (nSPS) is 15.5. The predicted octanol–water partition coefficient (Wildman–Crippen LogP) is 5.54. The van der Waals surface area contributed by atoms with Crippen LogP contribution in [0, 0.1) is 0 Å². The average Bonchev–Trinajstić information content (AvgIpc) is 2.57. The smallest absolute Gasteiger partial charge is 0.0226 e. The van der Waals surface area contributed by atoms with Crippen molar-refractivity contribution in [2.24, 2.45) is 0 Å². The van der Waals surface area contributed by atoms with Gasteiger partial charge >= 0.3 is 0 Å². The van der Waals surface area contributed by atoms with Crippen LogP contribution in [0.5, 0.6) is 0 Å². The summed E-state index contributed by atoms with van der Waals surface area (Å²) < 4.78 is 0. The molecule has 0 aliphatic rings. The molecule has 140 valence electrons. The Hall–Kier alpha value is 2.80. The van der Waals surface area contributed by atoms with Crippen molar-refractivity contribution in [2.45, 2.75) is 35.5 Å². The molecule has 8 heteroatoms. The van der Waals surface area contributed by atoms with Gasteiger partial charge in [-0.15, -0.1) is 0 Å². The minimum absolute atomic E-state index is 0.668. The lowest BCUT2D eigenvalue weighted by Crippen LogP contribution is -2.14. The van der Waals surface area contributed by atoms with Crippen LogP contribution in [-0.4, -0.2) is 67.5 Å². The third-order valence-corrected chi connectivity index (χ3v) is 11.0. The number of hydrogen-bond acceptors (Lipinski definition) is 8. The van der Waals surface area contributed by atoms with E-state index in [1.54, 1.807) is 0 Å². The van der Waals surface area contributed by atoms with Gasteiger partial charge < -0.3 is 0 Å². The van der Waals surface area contributed by atoms with Crippen molar-refractivity contribution in [3.05, 3.63) is 0 Å². The van der Waals surface area contributed by atoms with Gasteiger partial charge in [0, 0.05) is 50.3 Å². The van der Waals surface area contributed by atoms with Gasteiger partial charge in [0.25, 0.3) is 0 Å². The first-order valence-electron chi connectivity index (χ1n) is 8.03. The first-order valence-corrected chi connectivity index (χ1v) is 14.9. The van der Waals surface area contributed by atoms with Gasteiger partial charge in [0.1, 0.15) is 0 Å². The summed E-state index contributed by atoms with van der Waals surface area (Å²) in [5, 5.41) is 2.16. The van der Waals surface area contributed by atoms with E-state index in [4.69, 9.17) is 0 Å². The van der Waals surface area contributed by atoms with E-state index in [9.17, 15) is 0 Å². The van der Waals surface area contributed by atoms with E-state index in [0.29, 0.717) is 5.25 Å². The molecule has 0 bridgehead atoms. The van der Waals surface area contributed by atoms with Crippen molar-refractivity contribution in [1.29, 1.82) is 0 Å². The lowest BCUT2D eigenvalue weighted by Gasteiger charge is -2.19.